The van der Waals surface area contributed by atoms with Gasteiger partial charge in [0.2, 0.25) is 10.0 Å². The second-order valence-corrected chi connectivity index (χ2v) is 9.13. The average Bonchev–Trinajstić information content (AvgIpc) is 2.70. The van der Waals surface area contributed by atoms with Crippen LogP contribution in [0, 0.1) is 17.0 Å². The number of rotatable bonds is 5. The fourth-order valence-electron chi connectivity index (χ4n) is 2.88. The lowest BCUT2D eigenvalue weighted by Crippen LogP contribution is -2.40. The molecule has 0 unspecified atom stereocenters. The number of ether oxygens (including phenoxy) is 1. The molecule has 0 aliphatic carbocycles. The molecule has 1 saturated heterocycles. The molecule has 154 valence electrons. The molecule has 0 bridgehead atoms. The number of nitrogens with zero attached hydrogens (tertiary/aromatic N) is 2. The van der Waals surface area contributed by atoms with Crippen molar-refractivity contribution in [3.05, 3.63) is 62.1 Å². The topological polar surface area (TPSA) is 119 Å². The van der Waals surface area contributed by atoms with Gasteiger partial charge in [0.15, 0.2) is 0 Å². The summed E-state index contributed by atoms with van der Waals surface area (Å²) in [6.45, 7) is 2.87. The normalized spacial score (nSPS) is 15.1. The third-order valence-corrected chi connectivity index (χ3v) is 7.15. The summed E-state index contributed by atoms with van der Waals surface area (Å²) in [6.07, 6.45) is 0. The maximum Gasteiger partial charge on any atom is 0.284 e. The third kappa shape index (κ3) is 4.64. The fraction of sp³-hybridized carbons (Fsp3) is 0.278. The van der Waals surface area contributed by atoms with E-state index < -0.39 is 20.9 Å². The molecular formula is C18H18BrN3O6S. The van der Waals surface area contributed by atoms with E-state index in [9.17, 15) is 23.3 Å². The van der Waals surface area contributed by atoms with Crippen LogP contribution in [-0.2, 0) is 14.8 Å². The summed E-state index contributed by atoms with van der Waals surface area (Å²) in [5.74, 6) is -0.584. The van der Waals surface area contributed by atoms with Gasteiger partial charge in [-0.3, -0.25) is 14.9 Å². The number of sulfonamides is 1. The first-order valence-electron chi connectivity index (χ1n) is 8.64. The van der Waals surface area contributed by atoms with Crippen molar-refractivity contribution < 1.29 is 22.9 Å². The van der Waals surface area contributed by atoms with Crippen molar-refractivity contribution in [1.29, 1.82) is 0 Å². The van der Waals surface area contributed by atoms with Crippen molar-refractivity contribution in [3.8, 4) is 0 Å². The van der Waals surface area contributed by atoms with E-state index in [1.54, 1.807) is 19.1 Å². The van der Waals surface area contributed by atoms with Crippen LogP contribution in [0.3, 0.4) is 0 Å². The van der Waals surface area contributed by atoms with Crippen LogP contribution in [0.5, 0.6) is 0 Å². The Hall–Kier alpha value is -2.34. The van der Waals surface area contributed by atoms with Gasteiger partial charge in [0, 0.05) is 30.4 Å². The minimum atomic E-state index is -3.73. The first-order valence-corrected chi connectivity index (χ1v) is 10.9. The number of aryl methyl sites for hydroxylation is 1. The lowest BCUT2D eigenvalue weighted by Gasteiger charge is -2.26. The minimum Gasteiger partial charge on any atom is -0.379 e. The fourth-order valence-corrected chi connectivity index (χ4v) is 4.93. The van der Waals surface area contributed by atoms with Crippen molar-refractivity contribution in [3.63, 3.8) is 0 Å². The molecule has 0 atom stereocenters. The largest absolute Gasteiger partial charge is 0.379 e. The first kappa shape index (κ1) is 21.4. The number of nitrogens with one attached hydrogen (secondary N) is 1. The zero-order valence-corrected chi connectivity index (χ0v) is 17.8. The summed E-state index contributed by atoms with van der Waals surface area (Å²) in [4.78, 5) is 23.1. The Morgan fingerprint density at radius 1 is 1.21 bits per heavy atom. The van der Waals surface area contributed by atoms with Gasteiger partial charge in [-0.15, -0.1) is 0 Å². The van der Waals surface area contributed by atoms with E-state index in [1.165, 1.54) is 22.5 Å². The number of nitro benzene ring substituents is 1. The van der Waals surface area contributed by atoms with Gasteiger partial charge >= 0.3 is 0 Å². The number of amides is 1. The highest BCUT2D eigenvalue weighted by molar-refractivity contribution is 9.10. The molecular weight excluding hydrogens is 466 g/mol. The standard InChI is InChI=1S/C18H18BrN3O6S/c1-12-2-4-14(11-17(12)29(26,27)21-6-8-28-9-7-21)20-18(23)13-3-5-15(19)16(10-13)22(24)25/h2-5,10-11H,6-9H2,1H3,(H,20,23). The van der Waals surface area contributed by atoms with Crippen LogP contribution in [0.4, 0.5) is 11.4 Å². The van der Waals surface area contributed by atoms with Gasteiger partial charge in [0.05, 0.1) is 27.5 Å². The number of hydrogen-bond acceptors (Lipinski definition) is 6. The second kappa shape index (κ2) is 8.57. The maximum absolute atomic E-state index is 13.0. The smallest absolute Gasteiger partial charge is 0.284 e. The van der Waals surface area contributed by atoms with E-state index in [1.807, 2.05) is 0 Å². The zero-order valence-electron chi connectivity index (χ0n) is 15.4. The van der Waals surface area contributed by atoms with Gasteiger partial charge in [-0.2, -0.15) is 4.31 Å². The summed E-state index contributed by atoms with van der Waals surface area (Å²) >= 11 is 3.07. The summed E-state index contributed by atoms with van der Waals surface area (Å²) < 4.78 is 32.7. The number of anilines is 1. The Labute approximate surface area is 176 Å². The molecule has 0 spiro atoms. The highest BCUT2D eigenvalue weighted by Crippen LogP contribution is 2.27. The molecule has 2 aromatic rings. The van der Waals surface area contributed by atoms with Crippen molar-refractivity contribution >= 4 is 43.2 Å². The van der Waals surface area contributed by atoms with E-state index in [0.717, 1.165) is 6.07 Å². The Kier molecular flexibility index (Phi) is 6.32. The van der Waals surface area contributed by atoms with E-state index in [0.29, 0.717) is 18.8 Å². The van der Waals surface area contributed by atoms with E-state index in [2.05, 4.69) is 21.2 Å². The Bertz CT molecular complexity index is 1070. The van der Waals surface area contributed by atoms with E-state index >= 15 is 0 Å². The van der Waals surface area contributed by atoms with Crippen LogP contribution in [0.15, 0.2) is 45.8 Å². The van der Waals surface area contributed by atoms with E-state index in [4.69, 9.17) is 4.74 Å². The predicted octanol–water partition coefficient (Wildman–Crippen LogP) is 2.94. The van der Waals surface area contributed by atoms with Crippen LogP contribution >= 0.6 is 15.9 Å². The van der Waals surface area contributed by atoms with Gasteiger partial charge in [0.1, 0.15) is 0 Å². The predicted molar refractivity (Wildman–Crippen MR) is 110 cm³/mol. The number of hydrogen-bond donors (Lipinski definition) is 1. The number of carbonyl (C=O) groups is 1. The second-order valence-electron chi connectivity index (χ2n) is 6.37. The molecule has 1 fully saturated rings. The van der Waals surface area contributed by atoms with Crippen molar-refractivity contribution in [2.75, 3.05) is 31.6 Å². The Balaban J connectivity index is 1.87. The summed E-state index contributed by atoms with van der Waals surface area (Å²) in [6, 6.07) is 8.58. The molecule has 2 aromatic carbocycles. The monoisotopic (exact) mass is 483 g/mol. The first-order chi connectivity index (χ1) is 13.7. The van der Waals surface area contributed by atoms with Crippen LogP contribution < -0.4 is 5.32 Å². The number of nitro groups is 1. The highest BCUT2D eigenvalue weighted by atomic mass is 79.9. The van der Waals surface area contributed by atoms with Crippen LogP contribution in [0.25, 0.3) is 0 Å². The lowest BCUT2D eigenvalue weighted by atomic mass is 10.1. The number of morpholine rings is 1. The van der Waals surface area contributed by atoms with Crippen LogP contribution in [-0.4, -0.2) is 49.9 Å². The summed E-state index contributed by atoms with van der Waals surface area (Å²) in [7, 11) is -3.73. The zero-order chi connectivity index (χ0) is 21.2. The number of carbonyl (C=O) groups excluding carboxylic acids is 1. The van der Waals surface area contributed by atoms with Gasteiger partial charge in [-0.1, -0.05) is 6.07 Å². The molecule has 0 radical (unpaired) electrons. The van der Waals surface area contributed by atoms with Crippen molar-refractivity contribution in [2.24, 2.45) is 0 Å². The quantitative estimate of drug-likeness (QED) is 0.515. The molecule has 1 aliphatic rings. The molecule has 9 nitrogen and oxygen atoms in total. The molecule has 0 aromatic heterocycles. The molecule has 0 saturated carbocycles. The Morgan fingerprint density at radius 2 is 1.90 bits per heavy atom. The molecule has 1 N–H and O–H groups in total. The van der Waals surface area contributed by atoms with Crippen LogP contribution in [0.2, 0.25) is 0 Å². The molecule has 1 amide bonds. The van der Waals surface area contributed by atoms with Gasteiger partial charge in [-0.05, 0) is 52.7 Å². The highest BCUT2D eigenvalue weighted by Gasteiger charge is 2.28. The average molecular weight is 484 g/mol. The number of halogens is 1. The van der Waals surface area contributed by atoms with E-state index in [-0.39, 0.29) is 39.4 Å². The van der Waals surface area contributed by atoms with Gasteiger partial charge < -0.3 is 10.1 Å². The van der Waals surface area contributed by atoms with Crippen molar-refractivity contribution in [1.82, 2.24) is 4.31 Å². The summed E-state index contributed by atoms with van der Waals surface area (Å²) in [5.41, 5.74) is 0.668. The summed E-state index contributed by atoms with van der Waals surface area (Å²) in [5, 5.41) is 13.7. The molecule has 11 heteroatoms. The molecule has 29 heavy (non-hydrogen) atoms. The molecule has 3 rings (SSSR count). The van der Waals surface area contributed by atoms with Crippen LogP contribution in [0.1, 0.15) is 15.9 Å². The maximum atomic E-state index is 13.0. The SMILES string of the molecule is Cc1ccc(NC(=O)c2ccc(Br)c([N+](=O)[O-])c2)cc1S(=O)(=O)N1CCOCC1. The van der Waals surface area contributed by atoms with Gasteiger partial charge in [-0.25, -0.2) is 8.42 Å². The minimum absolute atomic E-state index is 0.0815. The Morgan fingerprint density at radius 3 is 2.55 bits per heavy atom. The molecule has 1 aliphatic heterocycles. The number of benzene rings is 2. The third-order valence-electron chi connectivity index (χ3n) is 4.44. The van der Waals surface area contributed by atoms with Gasteiger partial charge in [0.25, 0.3) is 11.6 Å². The lowest BCUT2D eigenvalue weighted by molar-refractivity contribution is -0.385. The van der Waals surface area contributed by atoms with Crippen molar-refractivity contribution in [2.45, 2.75) is 11.8 Å². The molecule has 1 heterocycles.